The Bertz CT molecular complexity index is 1060. The molecule has 0 aliphatic carbocycles. The highest BCUT2D eigenvalue weighted by Crippen LogP contribution is 2.25. The van der Waals surface area contributed by atoms with Crippen molar-refractivity contribution in [2.24, 2.45) is 0 Å². The second kappa shape index (κ2) is 10.9. The van der Waals surface area contributed by atoms with Gasteiger partial charge in [0.25, 0.3) is 0 Å². The van der Waals surface area contributed by atoms with Crippen molar-refractivity contribution in [2.45, 2.75) is 12.3 Å². The van der Waals surface area contributed by atoms with Crippen LogP contribution in [0.1, 0.15) is 23.5 Å². The molecule has 0 bridgehead atoms. The van der Waals surface area contributed by atoms with Gasteiger partial charge in [-0.15, -0.1) is 0 Å². The van der Waals surface area contributed by atoms with Crippen molar-refractivity contribution in [3.8, 4) is 17.2 Å². The van der Waals surface area contributed by atoms with Crippen LogP contribution in [0.5, 0.6) is 0 Å². The number of amides is 2. The molecule has 0 saturated carbocycles. The van der Waals surface area contributed by atoms with Crippen molar-refractivity contribution in [3.63, 3.8) is 0 Å². The number of hydrogen-bond acceptors (Lipinski definition) is 3. The zero-order valence-corrected chi connectivity index (χ0v) is 17.4. The van der Waals surface area contributed by atoms with E-state index in [-0.39, 0.29) is 11.9 Å². The second-order valence-electron chi connectivity index (χ2n) is 7.25. The number of nitrogens with one attached hydrogen (secondary N) is 3. The van der Waals surface area contributed by atoms with Gasteiger partial charge in [-0.25, -0.2) is 9.18 Å². The topological polar surface area (TPSA) is 76.9 Å². The van der Waals surface area contributed by atoms with Crippen LogP contribution in [0.15, 0.2) is 72.8 Å². The number of benzene rings is 3. The van der Waals surface area contributed by atoms with Crippen molar-refractivity contribution < 1.29 is 9.18 Å². The average Bonchev–Trinajstić information content (AvgIpc) is 2.79. The normalized spacial score (nSPS) is 11.4. The summed E-state index contributed by atoms with van der Waals surface area (Å²) < 4.78 is 13.3. The van der Waals surface area contributed by atoms with E-state index in [1.807, 2.05) is 37.4 Å². The Hall–Kier alpha value is -3.69. The van der Waals surface area contributed by atoms with Crippen LogP contribution in [0.4, 0.5) is 14.9 Å². The molecular formula is C25H25FN4O. The summed E-state index contributed by atoms with van der Waals surface area (Å²) in [6.45, 7) is 1.26. The molecule has 0 aliphatic heterocycles. The summed E-state index contributed by atoms with van der Waals surface area (Å²) in [6.07, 6.45) is 0.847. The number of rotatable bonds is 8. The van der Waals surface area contributed by atoms with Gasteiger partial charge in [-0.05, 0) is 67.0 Å². The predicted molar refractivity (Wildman–Crippen MR) is 121 cm³/mol. The van der Waals surface area contributed by atoms with E-state index in [1.165, 1.54) is 12.1 Å². The minimum Gasteiger partial charge on any atom is -0.337 e. The molecule has 3 N–H and O–H groups in total. The molecule has 0 spiro atoms. The number of anilines is 1. The van der Waals surface area contributed by atoms with Crippen molar-refractivity contribution in [1.82, 2.24) is 10.6 Å². The van der Waals surface area contributed by atoms with Crippen molar-refractivity contribution >= 4 is 11.7 Å². The molecule has 6 heteroatoms. The van der Waals surface area contributed by atoms with Crippen LogP contribution in [-0.4, -0.2) is 26.2 Å². The number of carbonyl (C=O) groups excluding carboxylic acids is 1. The lowest BCUT2D eigenvalue weighted by atomic mass is 9.93. The monoisotopic (exact) mass is 416 g/mol. The van der Waals surface area contributed by atoms with Gasteiger partial charge in [0.05, 0.1) is 11.6 Å². The maximum absolute atomic E-state index is 13.3. The second-order valence-corrected chi connectivity index (χ2v) is 7.25. The number of hydrogen-bond donors (Lipinski definition) is 3. The summed E-state index contributed by atoms with van der Waals surface area (Å²) in [5.74, 6) is -0.282. The van der Waals surface area contributed by atoms with Crippen LogP contribution in [0, 0.1) is 17.1 Å². The Morgan fingerprint density at radius 3 is 2.52 bits per heavy atom. The number of nitrogens with zero attached hydrogens (tertiary/aromatic N) is 1. The molecule has 3 aromatic rings. The molecule has 1 atom stereocenters. The summed E-state index contributed by atoms with van der Waals surface area (Å²) in [5, 5.41) is 17.8. The Labute approximate surface area is 181 Å². The van der Waals surface area contributed by atoms with E-state index < -0.39 is 5.82 Å². The van der Waals surface area contributed by atoms with Gasteiger partial charge in [0.15, 0.2) is 0 Å². The molecular weight excluding hydrogens is 391 g/mol. The minimum atomic E-state index is -0.398. The van der Waals surface area contributed by atoms with E-state index in [0.717, 1.165) is 29.7 Å². The van der Waals surface area contributed by atoms with Crippen LogP contribution < -0.4 is 16.0 Å². The Balaban J connectivity index is 1.67. The highest BCUT2D eigenvalue weighted by molar-refractivity contribution is 5.89. The molecule has 0 saturated heterocycles. The molecule has 0 radical (unpaired) electrons. The molecule has 0 heterocycles. The van der Waals surface area contributed by atoms with E-state index in [2.05, 4.69) is 34.2 Å². The van der Waals surface area contributed by atoms with Crippen molar-refractivity contribution in [1.29, 1.82) is 5.26 Å². The van der Waals surface area contributed by atoms with E-state index >= 15 is 0 Å². The first kappa shape index (κ1) is 22.0. The molecule has 158 valence electrons. The van der Waals surface area contributed by atoms with Crippen molar-refractivity contribution in [3.05, 3.63) is 89.7 Å². The highest BCUT2D eigenvalue weighted by atomic mass is 19.1. The summed E-state index contributed by atoms with van der Waals surface area (Å²) in [6, 6.07) is 23.3. The van der Waals surface area contributed by atoms with Gasteiger partial charge in [-0.3, -0.25) is 0 Å². The van der Waals surface area contributed by atoms with Crippen LogP contribution in [0.2, 0.25) is 0 Å². The first-order chi connectivity index (χ1) is 15.1. The standard InChI is InChI=1S/C25H25FN4O/c1-28-13-12-22(17-29-25(31)30-24-7-3-6-23(26)15-24)20-10-8-19(9-11-20)21-5-2-4-18(14-21)16-27/h2-11,14-15,22,28H,12-13,17H2,1H3,(H2,29,30,31). The van der Waals surface area contributed by atoms with E-state index in [4.69, 9.17) is 5.26 Å². The zero-order chi connectivity index (χ0) is 22.1. The number of urea groups is 1. The van der Waals surface area contributed by atoms with Crippen LogP contribution in [-0.2, 0) is 0 Å². The molecule has 1 unspecified atom stereocenters. The third-order valence-electron chi connectivity index (χ3n) is 5.04. The van der Waals surface area contributed by atoms with Gasteiger partial charge in [0, 0.05) is 18.2 Å². The summed E-state index contributed by atoms with van der Waals surface area (Å²) >= 11 is 0. The average molecular weight is 417 g/mol. The van der Waals surface area contributed by atoms with Gasteiger partial charge in [-0.1, -0.05) is 42.5 Å². The molecule has 3 rings (SSSR count). The third kappa shape index (κ3) is 6.39. The first-order valence-electron chi connectivity index (χ1n) is 10.1. The fourth-order valence-electron chi connectivity index (χ4n) is 3.38. The predicted octanol–water partition coefficient (Wildman–Crippen LogP) is 4.88. The molecule has 0 aromatic heterocycles. The molecule has 3 aromatic carbocycles. The van der Waals surface area contributed by atoms with Crippen molar-refractivity contribution in [2.75, 3.05) is 25.5 Å². The smallest absolute Gasteiger partial charge is 0.319 e. The molecule has 0 fully saturated rings. The third-order valence-corrected chi connectivity index (χ3v) is 5.04. The SMILES string of the molecule is CNCCC(CNC(=O)Nc1cccc(F)c1)c1ccc(-c2cccc(C#N)c2)cc1. The van der Waals surface area contributed by atoms with Gasteiger partial charge in [-0.2, -0.15) is 5.26 Å². The van der Waals surface area contributed by atoms with Gasteiger partial charge in [0.2, 0.25) is 0 Å². The Morgan fingerprint density at radius 2 is 1.81 bits per heavy atom. The molecule has 2 amide bonds. The van der Waals surface area contributed by atoms with Gasteiger partial charge < -0.3 is 16.0 Å². The number of carbonyl (C=O) groups is 1. The van der Waals surface area contributed by atoms with Crippen LogP contribution >= 0.6 is 0 Å². The van der Waals surface area contributed by atoms with Crippen LogP contribution in [0.3, 0.4) is 0 Å². The molecule has 0 aliphatic rings. The van der Waals surface area contributed by atoms with Crippen LogP contribution in [0.25, 0.3) is 11.1 Å². The van der Waals surface area contributed by atoms with Gasteiger partial charge >= 0.3 is 6.03 Å². The molecule has 31 heavy (non-hydrogen) atoms. The van der Waals surface area contributed by atoms with E-state index in [1.54, 1.807) is 18.2 Å². The summed E-state index contributed by atoms with van der Waals surface area (Å²) in [5.41, 5.74) is 4.17. The fourth-order valence-corrected chi connectivity index (χ4v) is 3.38. The summed E-state index contributed by atoms with van der Waals surface area (Å²) in [4.78, 5) is 12.2. The summed E-state index contributed by atoms with van der Waals surface area (Å²) in [7, 11) is 1.90. The lowest BCUT2D eigenvalue weighted by Crippen LogP contribution is -2.33. The molecule has 5 nitrogen and oxygen atoms in total. The Kier molecular flexibility index (Phi) is 7.74. The highest BCUT2D eigenvalue weighted by Gasteiger charge is 2.13. The Morgan fingerprint density at radius 1 is 1.03 bits per heavy atom. The lowest BCUT2D eigenvalue weighted by molar-refractivity contribution is 0.251. The van der Waals surface area contributed by atoms with Gasteiger partial charge in [0.1, 0.15) is 5.82 Å². The number of nitriles is 1. The first-order valence-corrected chi connectivity index (χ1v) is 10.1. The van der Waals surface area contributed by atoms with E-state index in [0.29, 0.717) is 17.8 Å². The number of halogens is 1. The largest absolute Gasteiger partial charge is 0.337 e. The quantitative estimate of drug-likeness (QED) is 0.490. The zero-order valence-electron chi connectivity index (χ0n) is 17.4. The maximum Gasteiger partial charge on any atom is 0.319 e. The lowest BCUT2D eigenvalue weighted by Gasteiger charge is -2.19. The maximum atomic E-state index is 13.3. The minimum absolute atomic E-state index is 0.116. The fraction of sp³-hybridized carbons (Fsp3) is 0.200. The van der Waals surface area contributed by atoms with E-state index in [9.17, 15) is 9.18 Å².